The second-order valence-corrected chi connectivity index (χ2v) is 5.61. The van der Waals surface area contributed by atoms with Crippen molar-refractivity contribution in [2.24, 2.45) is 0 Å². The summed E-state index contributed by atoms with van der Waals surface area (Å²) >= 11 is 9.52. The van der Waals surface area contributed by atoms with E-state index in [0.717, 1.165) is 21.4 Å². The number of hydrogen-bond donors (Lipinski definition) is 1. The lowest BCUT2D eigenvalue weighted by atomic mass is 10.1. The minimum Gasteiger partial charge on any atom is -0.383 e. The third kappa shape index (κ3) is 2.23. The van der Waals surface area contributed by atoms with Gasteiger partial charge < -0.3 is 5.73 Å². The molecule has 0 atom stereocenters. The van der Waals surface area contributed by atoms with Gasteiger partial charge in [0.25, 0.3) is 5.78 Å². The Morgan fingerprint density at radius 2 is 2.20 bits per heavy atom. The van der Waals surface area contributed by atoms with Crippen molar-refractivity contribution in [3.8, 4) is 0 Å². The van der Waals surface area contributed by atoms with Gasteiger partial charge in [0, 0.05) is 28.3 Å². The minimum atomic E-state index is 0.485. The molecular weight excluding hydrogens is 344 g/mol. The van der Waals surface area contributed by atoms with Crippen molar-refractivity contribution < 1.29 is 0 Å². The van der Waals surface area contributed by atoms with Crippen LogP contribution in [-0.2, 0) is 6.42 Å². The molecule has 0 spiro atoms. The lowest BCUT2D eigenvalue weighted by Gasteiger charge is -2.10. The molecule has 0 fully saturated rings. The van der Waals surface area contributed by atoms with E-state index in [2.05, 4.69) is 36.0 Å². The Balaban J connectivity index is 2.10. The van der Waals surface area contributed by atoms with Crippen LogP contribution in [0.4, 0.5) is 5.82 Å². The number of hydrogen-bond acceptors (Lipinski definition) is 5. The topological polar surface area (TPSA) is 82.0 Å². The molecule has 0 saturated heterocycles. The van der Waals surface area contributed by atoms with Crippen molar-refractivity contribution in [1.29, 1.82) is 0 Å². The molecule has 3 aromatic heterocycles. The number of nitrogens with two attached hydrogens (primary N) is 1. The van der Waals surface area contributed by atoms with Gasteiger partial charge in [0.2, 0.25) is 0 Å². The third-order valence-corrected chi connectivity index (χ3v) is 3.76. The van der Waals surface area contributed by atoms with E-state index in [1.165, 1.54) is 10.8 Å². The summed E-state index contributed by atoms with van der Waals surface area (Å²) in [6.45, 7) is 1.88. The summed E-state index contributed by atoms with van der Waals surface area (Å²) in [5.41, 5.74) is 8.52. The number of rotatable bonds is 2. The highest BCUT2D eigenvalue weighted by Crippen LogP contribution is 2.24. The molecule has 2 N–H and O–H groups in total. The smallest absolute Gasteiger partial charge is 0.254 e. The number of anilines is 1. The van der Waals surface area contributed by atoms with Crippen LogP contribution in [0.2, 0.25) is 5.02 Å². The van der Waals surface area contributed by atoms with Crippen molar-refractivity contribution in [3.05, 3.63) is 45.0 Å². The summed E-state index contributed by atoms with van der Waals surface area (Å²) in [7, 11) is 0. The Morgan fingerprint density at radius 1 is 1.40 bits per heavy atom. The van der Waals surface area contributed by atoms with E-state index in [1.807, 2.05) is 6.92 Å². The van der Waals surface area contributed by atoms with Gasteiger partial charge in [0.15, 0.2) is 0 Å². The fourth-order valence-corrected chi connectivity index (χ4v) is 2.67. The van der Waals surface area contributed by atoms with Gasteiger partial charge in [0.1, 0.15) is 12.1 Å². The summed E-state index contributed by atoms with van der Waals surface area (Å²) in [6, 6.07) is 1.80. The van der Waals surface area contributed by atoms with Crippen molar-refractivity contribution in [2.75, 3.05) is 5.73 Å². The van der Waals surface area contributed by atoms with Crippen molar-refractivity contribution >= 4 is 39.1 Å². The van der Waals surface area contributed by atoms with Crippen LogP contribution >= 0.6 is 27.5 Å². The molecule has 3 rings (SSSR count). The number of nitrogen functional groups attached to an aromatic ring is 1. The number of fused-ring (bicyclic) bond motifs is 1. The van der Waals surface area contributed by atoms with Crippen molar-refractivity contribution in [1.82, 2.24) is 24.6 Å². The van der Waals surface area contributed by atoms with Crippen molar-refractivity contribution in [3.63, 3.8) is 0 Å². The first-order valence-electron chi connectivity index (χ1n) is 5.81. The van der Waals surface area contributed by atoms with Crippen LogP contribution in [0.5, 0.6) is 0 Å². The van der Waals surface area contributed by atoms with Gasteiger partial charge in [-0.25, -0.2) is 4.98 Å². The summed E-state index contributed by atoms with van der Waals surface area (Å²) in [5, 5.41) is 4.64. The molecule has 6 nitrogen and oxygen atoms in total. The van der Waals surface area contributed by atoms with E-state index >= 15 is 0 Å². The SMILES string of the molecule is Cc1nc2ncnn2c(N)c1Cc1ncc(Br)cc1Cl. The van der Waals surface area contributed by atoms with Crippen LogP contribution in [0.25, 0.3) is 5.78 Å². The van der Waals surface area contributed by atoms with Gasteiger partial charge in [-0.2, -0.15) is 14.6 Å². The normalized spacial score (nSPS) is 11.2. The second-order valence-electron chi connectivity index (χ2n) is 4.29. The maximum Gasteiger partial charge on any atom is 0.254 e. The number of halogens is 2. The summed E-state index contributed by atoms with van der Waals surface area (Å²) in [4.78, 5) is 12.7. The van der Waals surface area contributed by atoms with Crippen LogP contribution in [0.15, 0.2) is 23.1 Å². The van der Waals surface area contributed by atoms with Gasteiger partial charge in [-0.15, -0.1) is 0 Å². The summed E-state index contributed by atoms with van der Waals surface area (Å²) in [5.74, 6) is 0.990. The first-order valence-corrected chi connectivity index (χ1v) is 6.98. The van der Waals surface area contributed by atoms with Crippen LogP contribution in [0.3, 0.4) is 0 Å². The molecule has 102 valence electrons. The predicted molar refractivity (Wildman–Crippen MR) is 79.7 cm³/mol. The highest BCUT2D eigenvalue weighted by molar-refractivity contribution is 9.10. The largest absolute Gasteiger partial charge is 0.383 e. The van der Waals surface area contributed by atoms with Gasteiger partial charge >= 0.3 is 0 Å². The zero-order chi connectivity index (χ0) is 14.3. The standard InChI is InChI=1S/C12H10BrClN6/c1-6-8(3-10-9(14)2-7(13)4-16-10)11(15)20-12(19-6)17-5-18-20/h2,4-5H,3,15H2,1H3. The van der Waals surface area contributed by atoms with Gasteiger partial charge in [-0.1, -0.05) is 11.6 Å². The van der Waals surface area contributed by atoms with E-state index in [0.29, 0.717) is 23.0 Å². The molecule has 0 saturated carbocycles. The highest BCUT2D eigenvalue weighted by Gasteiger charge is 2.14. The van der Waals surface area contributed by atoms with Crippen LogP contribution in [0.1, 0.15) is 17.0 Å². The molecule has 0 bridgehead atoms. The first kappa shape index (κ1) is 13.3. The Morgan fingerprint density at radius 3 is 2.95 bits per heavy atom. The molecule has 20 heavy (non-hydrogen) atoms. The first-order chi connectivity index (χ1) is 9.56. The quantitative estimate of drug-likeness (QED) is 0.765. The number of aryl methyl sites for hydroxylation is 1. The summed E-state index contributed by atoms with van der Waals surface area (Å²) < 4.78 is 2.34. The molecule has 0 aromatic carbocycles. The Kier molecular flexibility index (Phi) is 3.31. The molecule has 0 aliphatic heterocycles. The van der Waals surface area contributed by atoms with E-state index < -0.39 is 0 Å². The fraction of sp³-hybridized carbons (Fsp3) is 0.167. The van der Waals surface area contributed by atoms with Gasteiger partial charge in [0.05, 0.1) is 10.7 Å². The van der Waals surface area contributed by atoms with Gasteiger partial charge in [-0.3, -0.25) is 4.98 Å². The van der Waals surface area contributed by atoms with Crippen LogP contribution < -0.4 is 5.73 Å². The van der Waals surface area contributed by atoms with E-state index in [1.54, 1.807) is 12.3 Å². The van der Waals surface area contributed by atoms with Crippen molar-refractivity contribution in [2.45, 2.75) is 13.3 Å². The molecule has 0 aliphatic carbocycles. The van der Waals surface area contributed by atoms with E-state index in [4.69, 9.17) is 17.3 Å². The number of pyridine rings is 1. The Bertz CT molecular complexity index is 800. The molecule has 3 heterocycles. The average molecular weight is 354 g/mol. The molecule has 8 heteroatoms. The van der Waals surface area contributed by atoms with E-state index in [9.17, 15) is 0 Å². The molecule has 0 aliphatic rings. The van der Waals surface area contributed by atoms with Crippen LogP contribution in [-0.4, -0.2) is 24.6 Å². The van der Waals surface area contributed by atoms with Gasteiger partial charge in [-0.05, 0) is 28.9 Å². The molecule has 0 unspecified atom stereocenters. The zero-order valence-electron chi connectivity index (χ0n) is 10.5. The maximum absolute atomic E-state index is 6.19. The van der Waals surface area contributed by atoms with E-state index in [-0.39, 0.29) is 0 Å². The zero-order valence-corrected chi connectivity index (χ0v) is 12.9. The lowest BCUT2D eigenvalue weighted by molar-refractivity contribution is 0.907. The molecule has 0 radical (unpaired) electrons. The Labute approximate surface area is 128 Å². The predicted octanol–water partition coefficient (Wildman–Crippen LogP) is 2.42. The number of aromatic nitrogens is 5. The third-order valence-electron chi connectivity index (χ3n) is 3.00. The molecule has 3 aromatic rings. The molecular formula is C12H10BrClN6. The molecule has 0 amide bonds. The monoisotopic (exact) mass is 352 g/mol. The lowest BCUT2D eigenvalue weighted by Crippen LogP contribution is -2.09. The average Bonchev–Trinajstić information content (AvgIpc) is 2.85. The number of nitrogens with zero attached hydrogens (tertiary/aromatic N) is 5. The highest BCUT2D eigenvalue weighted by atomic mass is 79.9. The maximum atomic E-state index is 6.19. The fourth-order valence-electron chi connectivity index (χ4n) is 1.97. The summed E-state index contributed by atoms with van der Waals surface area (Å²) in [6.07, 6.45) is 3.62. The Hall–Kier alpha value is -1.73. The van der Waals surface area contributed by atoms with Crippen LogP contribution in [0, 0.1) is 6.92 Å². The minimum absolute atomic E-state index is 0.485. The second kappa shape index (κ2) is 4.99.